The number of aromatic nitrogens is 2. The Balaban J connectivity index is 2.13. The number of benzene rings is 1. The molecule has 0 amide bonds. The van der Waals surface area contributed by atoms with Gasteiger partial charge in [-0.1, -0.05) is 12.1 Å². The number of hydrogen-bond donors (Lipinski definition) is 2. The van der Waals surface area contributed by atoms with Crippen molar-refractivity contribution in [2.45, 2.75) is 13.5 Å². The van der Waals surface area contributed by atoms with Crippen molar-refractivity contribution < 1.29 is 14.6 Å². The van der Waals surface area contributed by atoms with E-state index in [1.807, 2.05) is 13.0 Å². The van der Waals surface area contributed by atoms with E-state index in [2.05, 4.69) is 15.3 Å². The van der Waals surface area contributed by atoms with Crippen LogP contribution in [0, 0.1) is 6.92 Å². The van der Waals surface area contributed by atoms with Crippen LogP contribution in [0.1, 0.15) is 21.5 Å². The van der Waals surface area contributed by atoms with E-state index in [-0.39, 0.29) is 5.56 Å². The van der Waals surface area contributed by atoms with Crippen LogP contribution in [0.5, 0.6) is 5.88 Å². The highest BCUT2D eigenvalue weighted by Crippen LogP contribution is 2.20. The smallest absolute Gasteiger partial charge is 0.335 e. The maximum absolute atomic E-state index is 10.9. The first-order valence-electron chi connectivity index (χ1n) is 6.03. The van der Waals surface area contributed by atoms with Gasteiger partial charge in [0.1, 0.15) is 12.1 Å². The van der Waals surface area contributed by atoms with Crippen LogP contribution in [0.4, 0.5) is 5.82 Å². The van der Waals surface area contributed by atoms with E-state index in [0.29, 0.717) is 18.2 Å². The monoisotopic (exact) mass is 273 g/mol. The molecule has 0 saturated carbocycles. The Morgan fingerprint density at radius 2 is 2.20 bits per heavy atom. The quantitative estimate of drug-likeness (QED) is 0.868. The number of aromatic carboxylic acids is 1. The number of nitrogens with one attached hydrogen (secondary N) is 1. The molecular weight excluding hydrogens is 258 g/mol. The maximum Gasteiger partial charge on any atom is 0.335 e. The largest absolute Gasteiger partial charge is 0.481 e. The van der Waals surface area contributed by atoms with Gasteiger partial charge in [-0.2, -0.15) is 0 Å². The third-order valence-electron chi connectivity index (χ3n) is 2.87. The standard InChI is InChI=1S/C14H15N3O3/c1-9-12(16-8-17-13(9)20-2)15-7-10-4-3-5-11(6-10)14(18)19/h3-6,8H,7H2,1-2H3,(H,18,19)(H,15,16,17). The fraction of sp³-hybridized carbons (Fsp3) is 0.214. The van der Waals surface area contributed by atoms with Crippen LogP contribution in [-0.2, 0) is 6.54 Å². The molecule has 1 aromatic heterocycles. The molecule has 0 aliphatic heterocycles. The third kappa shape index (κ3) is 3.03. The van der Waals surface area contributed by atoms with E-state index < -0.39 is 5.97 Å². The average molecular weight is 273 g/mol. The molecule has 1 aromatic carbocycles. The minimum Gasteiger partial charge on any atom is -0.481 e. The van der Waals surface area contributed by atoms with Crippen molar-refractivity contribution in [1.29, 1.82) is 0 Å². The topological polar surface area (TPSA) is 84.3 Å². The molecule has 0 atom stereocenters. The second-order valence-corrected chi connectivity index (χ2v) is 4.22. The van der Waals surface area contributed by atoms with Crippen molar-refractivity contribution >= 4 is 11.8 Å². The molecule has 2 aromatic rings. The van der Waals surface area contributed by atoms with Gasteiger partial charge in [0.15, 0.2) is 0 Å². The molecule has 2 rings (SSSR count). The number of rotatable bonds is 5. The minimum absolute atomic E-state index is 0.265. The Bertz CT molecular complexity index is 629. The Kier molecular flexibility index (Phi) is 4.14. The highest BCUT2D eigenvalue weighted by molar-refractivity contribution is 5.87. The molecule has 0 aliphatic carbocycles. The normalized spacial score (nSPS) is 10.1. The van der Waals surface area contributed by atoms with Crippen LogP contribution < -0.4 is 10.1 Å². The summed E-state index contributed by atoms with van der Waals surface area (Å²) in [4.78, 5) is 19.0. The van der Waals surface area contributed by atoms with Gasteiger partial charge >= 0.3 is 5.97 Å². The zero-order valence-corrected chi connectivity index (χ0v) is 11.3. The number of hydrogen-bond acceptors (Lipinski definition) is 5. The van der Waals surface area contributed by atoms with Crippen molar-refractivity contribution in [3.05, 3.63) is 47.3 Å². The van der Waals surface area contributed by atoms with E-state index in [1.54, 1.807) is 25.3 Å². The van der Waals surface area contributed by atoms with E-state index in [9.17, 15) is 4.79 Å². The van der Waals surface area contributed by atoms with Crippen LogP contribution >= 0.6 is 0 Å². The van der Waals surface area contributed by atoms with Crippen molar-refractivity contribution in [1.82, 2.24) is 9.97 Å². The highest BCUT2D eigenvalue weighted by Gasteiger charge is 2.07. The van der Waals surface area contributed by atoms with Crippen molar-refractivity contribution in [2.24, 2.45) is 0 Å². The number of carboxylic acid groups (broad SMARTS) is 1. The lowest BCUT2D eigenvalue weighted by Crippen LogP contribution is -2.06. The SMILES string of the molecule is COc1ncnc(NCc2cccc(C(=O)O)c2)c1C. The number of nitrogens with zero attached hydrogens (tertiary/aromatic N) is 2. The summed E-state index contributed by atoms with van der Waals surface area (Å²) >= 11 is 0. The van der Waals surface area contributed by atoms with Crippen LogP contribution in [0.15, 0.2) is 30.6 Å². The summed E-state index contributed by atoms with van der Waals surface area (Å²) < 4.78 is 5.12. The molecule has 6 nitrogen and oxygen atoms in total. The Morgan fingerprint density at radius 3 is 2.90 bits per heavy atom. The summed E-state index contributed by atoms with van der Waals surface area (Å²) in [5, 5.41) is 12.1. The first-order chi connectivity index (χ1) is 9.61. The highest BCUT2D eigenvalue weighted by atomic mass is 16.5. The maximum atomic E-state index is 10.9. The fourth-order valence-corrected chi connectivity index (χ4v) is 1.82. The molecule has 0 bridgehead atoms. The summed E-state index contributed by atoms with van der Waals surface area (Å²) in [6, 6.07) is 6.76. The first-order valence-corrected chi connectivity index (χ1v) is 6.03. The molecule has 0 spiro atoms. The fourth-order valence-electron chi connectivity index (χ4n) is 1.82. The summed E-state index contributed by atoms with van der Waals surface area (Å²) in [5.74, 6) is 0.242. The van der Waals surface area contributed by atoms with Crippen molar-refractivity contribution in [3.63, 3.8) is 0 Å². The molecule has 0 fully saturated rings. The lowest BCUT2D eigenvalue weighted by atomic mass is 10.1. The van der Waals surface area contributed by atoms with Crippen LogP contribution in [0.3, 0.4) is 0 Å². The van der Waals surface area contributed by atoms with E-state index in [4.69, 9.17) is 9.84 Å². The van der Waals surface area contributed by atoms with Gasteiger partial charge in [-0.05, 0) is 24.6 Å². The number of methoxy groups -OCH3 is 1. The van der Waals surface area contributed by atoms with Gasteiger partial charge in [0.05, 0.1) is 18.2 Å². The third-order valence-corrected chi connectivity index (χ3v) is 2.87. The number of anilines is 1. The average Bonchev–Trinajstić information content (AvgIpc) is 2.46. The summed E-state index contributed by atoms with van der Waals surface area (Å²) in [6.07, 6.45) is 1.42. The molecule has 0 aliphatic rings. The second-order valence-electron chi connectivity index (χ2n) is 4.22. The number of carboxylic acids is 1. The summed E-state index contributed by atoms with van der Waals surface area (Å²) in [6.45, 7) is 2.33. The summed E-state index contributed by atoms with van der Waals surface area (Å²) in [7, 11) is 1.55. The molecule has 104 valence electrons. The molecule has 20 heavy (non-hydrogen) atoms. The molecule has 0 unspecified atom stereocenters. The van der Waals surface area contributed by atoms with Gasteiger partial charge in [-0.3, -0.25) is 0 Å². The second kappa shape index (κ2) is 6.01. The van der Waals surface area contributed by atoms with Gasteiger partial charge in [0.2, 0.25) is 5.88 Å². The van der Waals surface area contributed by atoms with Crippen molar-refractivity contribution in [3.8, 4) is 5.88 Å². The van der Waals surface area contributed by atoms with E-state index >= 15 is 0 Å². The summed E-state index contributed by atoms with van der Waals surface area (Å²) in [5.41, 5.74) is 1.94. The lowest BCUT2D eigenvalue weighted by Gasteiger charge is -2.10. The van der Waals surface area contributed by atoms with Gasteiger partial charge in [-0.25, -0.2) is 14.8 Å². The predicted octanol–water partition coefficient (Wildman–Crippen LogP) is 2.10. The predicted molar refractivity (Wildman–Crippen MR) is 74.0 cm³/mol. The van der Waals surface area contributed by atoms with Crippen LogP contribution in [-0.4, -0.2) is 28.2 Å². The zero-order chi connectivity index (χ0) is 14.5. The van der Waals surface area contributed by atoms with Gasteiger partial charge in [0.25, 0.3) is 0 Å². The Labute approximate surface area is 116 Å². The molecule has 0 saturated heterocycles. The molecule has 0 radical (unpaired) electrons. The first kappa shape index (κ1) is 13.8. The number of ether oxygens (including phenoxy) is 1. The van der Waals surface area contributed by atoms with Gasteiger partial charge in [0, 0.05) is 6.54 Å². The van der Waals surface area contributed by atoms with Gasteiger partial charge < -0.3 is 15.2 Å². The molecule has 2 N–H and O–H groups in total. The lowest BCUT2D eigenvalue weighted by molar-refractivity contribution is 0.0697. The van der Waals surface area contributed by atoms with E-state index in [1.165, 1.54) is 6.33 Å². The Morgan fingerprint density at radius 1 is 1.40 bits per heavy atom. The molecular formula is C14H15N3O3. The molecule has 6 heteroatoms. The number of carbonyl (C=O) groups is 1. The van der Waals surface area contributed by atoms with Crippen LogP contribution in [0.25, 0.3) is 0 Å². The Hall–Kier alpha value is -2.63. The van der Waals surface area contributed by atoms with Crippen LogP contribution in [0.2, 0.25) is 0 Å². The van der Waals surface area contributed by atoms with Crippen molar-refractivity contribution in [2.75, 3.05) is 12.4 Å². The van der Waals surface area contributed by atoms with E-state index in [0.717, 1.165) is 11.1 Å². The molecule has 1 heterocycles. The zero-order valence-electron chi connectivity index (χ0n) is 11.3. The minimum atomic E-state index is -0.938. The van der Waals surface area contributed by atoms with Gasteiger partial charge in [-0.15, -0.1) is 0 Å².